The van der Waals surface area contributed by atoms with Crippen molar-refractivity contribution >= 4 is 21.8 Å². The third kappa shape index (κ3) is 3.02. The molecule has 0 aliphatic carbocycles. The lowest BCUT2D eigenvalue weighted by Crippen LogP contribution is -2.23. The summed E-state index contributed by atoms with van der Waals surface area (Å²) in [6, 6.07) is 24.1. The third-order valence-corrected chi connectivity index (χ3v) is 5.11. The second-order valence-electron chi connectivity index (χ2n) is 7.11. The van der Waals surface area contributed by atoms with Crippen LogP contribution in [0, 0.1) is 6.92 Å². The zero-order valence-electron chi connectivity index (χ0n) is 15.7. The first kappa shape index (κ1) is 17.1. The van der Waals surface area contributed by atoms with Gasteiger partial charge in [0.25, 0.3) is 5.56 Å². The van der Waals surface area contributed by atoms with Crippen molar-refractivity contribution in [3.8, 4) is 22.4 Å². The molecular formula is C24H17N3O2. The highest BCUT2D eigenvalue weighted by Crippen LogP contribution is 2.31. The Hall–Kier alpha value is -3.99. The van der Waals surface area contributed by atoms with E-state index in [4.69, 9.17) is 0 Å². The van der Waals surface area contributed by atoms with Gasteiger partial charge in [-0.2, -0.15) is 0 Å². The summed E-state index contributed by atoms with van der Waals surface area (Å²) in [6.07, 6.45) is 0. The molecule has 29 heavy (non-hydrogen) atoms. The molecule has 140 valence electrons. The molecular weight excluding hydrogens is 362 g/mol. The molecule has 0 saturated carbocycles. The van der Waals surface area contributed by atoms with Crippen molar-refractivity contribution in [1.82, 2.24) is 15.0 Å². The van der Waals surface area contributed by atoms with E-state index in [1.165, 1.54) is 0 Å². The molecule has 0 atom stereocenters. The summed E-state index contributed by atoms with van der Waals surface area (Å²) in [7, 11) is 0. The number of aryl methyl sites for hydroxylation is 1. The van der Waals surface area contributed by atoms with Gasteiger partial charge in [0.1, 0.15) is 5.65 Å². The molecule has 2 heterocycles. The maximum absolute atomic E-state index is 12.6. The van der Waals surface area contributed by atoms with E-state index in [2.05, 4.69) is 27.1 Å². The van der Waals surface area contributed by atoms with Crippen LogP contribution in [-0.4, -0.2) is 15.0 Å². The molecule has 2 N–H and O–H groups in total. The molecule has 0 radical (unpaired) electrons. The molecule has 5 aromatic rings. The third-order valence-electron chi connectivity index (χ3n) is 5.11. The Morgan fingerprint density at radius 1 is 0.759 bits per heavy atom. The predicted molar refractivity (Wildman–Crippen MR) is 116 cm³/mol. The zero-order valence-corrected chi connectivity index (χ0v) is 15.7. The van der Waals surface area contributed by atoms with Gasteiger partial charge in [-0.05, 0) is 35.4 Å². The van der Waals surface area contributed by atoms with Crippen molar-refractivity contribution in [2.24, 2.45) is 0 Å². The van der Waals surface area contributed by atoms with Gasteiger partial charge < -0.3 is 0 Å². The van der Waals surface area contributed by atoms with E-state index in [0.29, 0.717) is 11.1 Å². The molecule has 0 fully saturated rings. The normalized spacial score (nSPS) is 11.2. The van der Waals surface area contributed by atoms with Gasteiger partial charge in [-0.1, -0.05) is 66.2 Å². The highest BCUT2D eigenvalue weighted by Gasteiger charge is 2.14. The molecule has 0 aliphatic heterocycles. The minimum Gasteiger partial charge on any atom is -0.291 e. The summed E-state index contributed by atoms with van der Waals surface area (Å²) in [5.74, 6) is 0. The topological polar surface area (TPSA) is 78.6 Å². The average molecular weight is 379 g/mol. The fraction of sp³-hybridized carbons (Fsp3) is 0.0417. The van der Waals surface area contributed by atoms with Crippen LogP contribution >= 0.6 is 0 Å². The lowest BCUT2D eigenvalue weighted by molar-refractivity contribution is 1.06. The second kappa shape index (κ2) is 6.56. The van der Waals surface area contributed by atoms with Gasteiger partial charge in [0.15, 0.2) is 0 Å². The standard InChI is InChI=1S/C24H17N3O2/c1-14-6-8-16(9-7-14)19-13-20(25-22-21(19)23(28)27-24(29)26-22)18-11-10-15-4-2-3-5-17(15)12-18/h2-13H,1H3,(H2,25,26,27,28,29). The molecule has 5 heteroatoms. The van der Waals surface area contributed by atoms with E-state index in [1.807, 2.05) is 67.6 Å². The van der Waals surface area contributed by atoms with Gasteiger partial charge in [0.2, 0.25) is 0 Å². The first-order valence-corrected chi connectivity index (χ1v) is 9.32. The molecule has 5 rings (SSSR count). The lowest BCUT2D eigenvalue weighted by Gasteiger charge is -2.10. The molecule has 0 bridgehead atoms. The number of nitrogens with zero attached hydrogens (tertiary/aromatic N) is 1. The number of pyridine rings is 1. The van der Waals surface area contributed by atoms with Gasteiger partial charge in [0.05, 0.1) is 11.1 Å². The molecule has 0 saturated heterocycles. The summed E-state index contributed by atoms with van der Waals surface area (Å²) in [4.78, 5) is 34.0. The van der Waals surface area contributed by atoms with E-state index in [0.717, 1.165) is 33.0 Å². The minimum atomic E-state index is -0.569. The Bertz CT molecular complexity index is 1500. The Morgan fingerprint density at radius 3 is 2.28 bits per heavy atom. The largest absolute Gasteiger partial charge is 0.327 e. The quantitative estimate of drug-likeness (QED) is 0.477. The van der Waals surface area contributed by atoms with Crippen molar-refractivity contribution in [2.75, 3.05) is 0 Å². The number of nitrogens with one attached hydrogen (secondary N) is 2. The van der Waals surface area contributed by atoms with Crippen LogP contribution in [0.15, 0.2) is 82.4 Å². The van der Waals surface area contributed by atoms with Gasteiger partial charge in [-0.15, -0.1) is 0 Å². The average Bonchev–Trinajstić information content (AvgIpc) is 2.73. The van der Waals surface area contributed by atoms with E-state index < -0.39 is 11.2 Å². The van der Waals surface area contributed by atoms with Crippen LogP contribution in [0.2, 0.25) is 0 Å². The maximum atomic E-state index is 12.6. The van der Waals surface area contributed by atoms with Crippen LogP contribution in [0.5, 0.6) is 0 Å². The van der Waals surface area contributed by atoms with E-state index in [9.17, 15) is 9.59 Å². The van der Waals surface area contributed by atoms with Crippen molar-refractivity contribution < 1.29 is 0 Å². The van der Waals surface area contributed by atoms with Gasteiger partial charge in [-0.25, -0.2) is 9.78 Å². The van der Waals surface area contributed by atoms with Crippen molar-refractivity contribution in [2.45, 2.75) is 6.92 Å². The van der Waals surface area contributed by atoms with E-state index in [-0.39, 0.29) is 5.65 Å². The predicted octanol–water partition coefficient (Wildman–Crippen LogP) is 4.41. The summed E-state index contributed by atoms with van der Waals surface area (Å²) >= 11 is 0. The number of hydrogen-bond acceptors (Lipinski definition) is 3. The summed E-state index contributed by atoms with van der Waals surface area (Å²) in [6.45, 7) is 2.01. The molecule has 5 nitrogen and oxygen atoms in total. The Balaban J connectivity index is 1.83. The zero-order chi connectivity index (χ0) is 20.0. The molecule has 0 unspecified atom stereocenters. The number of fused-ring (bicyclic) bond motifs is 2. The van der Waals surface area contributed by atoms with Crippen LogP contribution < -0.4 is 11.2 Å². The van der Waals surface area contributed by atoms with Gasteiger partial charge in [0, 0.05) is 11.1 Å². The molecule has 3 aromatic carbocycles. The first-order chi connectivity index (χ1) is 14.1. The molecule has 0 spiro atoms. The van der Waals surface area contributed by atoms with Crippen LogP contribution in [0.25, 0.3) is 44.2 Å². The second-order valence-corrected chi connectivity index (χ2v) is 7.11. The summed E-state index contributed by atoms with van der Waals surface area (Å²) in [5.41, 5.74) is 3.62. The van der Waals surface area contributed by atoms with Crippen LogP contribution in [0.1, 0.15) is 5.56 Å². The van der Waals surface area contributed by atoms with Gasteiger partial charge >= 0.3 is 5.69 Å². The number of hydrogen-bond donors (Lipinski definition) is 2. The van der Waals surface area contributed by atoms with Gasteiger partial charge in [-0.3, -0.25) is 14.8 Å². The smallest absolute Gasteiger partial charge is 0.291 e. The summed E-state index contributed by atoms with van der Waals surface area (Å²) in [5, 5.41) is 2.61. The highest BCUT2D eigenvalue weighted by molar-refractivity contribution is 5.95. The highest BCUT2D eigenvalue weighted by atomic mass is 16.2. The minimum absolute atomic E-state index is 0.278. The maximum Gasteiger partial charge on any atom is 0.327 e. The van der Waals surface area contributed by atoms with Crippen molar-refractivity contribution in [3.05, 3.63) is 99.2 Å². The number of aromatic nitrogens is 3. The Labute approximate surface area is 165 Å². The SMILES string of the molecule is Cc1ccc(-c2cc(-c3ccc4ccccc4c3)nc3[nH]c(=O)[nH]c(=O)c23)cc1. The van der Waals surface area contributed by atoms with Crippen molar-refractivity contribution in [1.29, 1.82) is 0 Å². The molecule has 0 aliphatic rings. The van der Waals surface area contributed by atoms with E-state index in [1.54, 1.807) is 0 Å². The van der Waals surface area contributed by atoms with Crippen molar-refractivity contribution in [3.63, 3.8) is 0 Å². The fourth-order valence-electron chi connectivity index (χ4n) is 3.63. The number of H-pyrrole nitrogens is 2. The number of benzene rings is 3. The van der Waals surface area contributed by atoms with Crippen LogP contribution in [0.4, 0.5) is 0 Å². The number of aromatic amines is 2. The monoisotopic (exact) mass is 379 g/mol. The van der Waals surface area contributed by atoms with Crippen LogP contribution in [0.3, 0.4) is 0 Å². The van der Waals surface area contributed by atoms with Crippen LogP contribution in [-0.2, 0) is 0 Å². The summed E-state index contributed by atoms with van der Waals surface area (Å²) < 4.78 is 0. The molecule has 2 aromatic heterocycles. The first-order valence-electron chi connectivity index (χ1n) is 9.32. The number of rotatable bonds is 2. The fourth-order valence-corrected chi connectivity index (χ4v) is 3.63. The molecule has 0 amide bonds. The Kier molecular flexibility index (Phi) is 3.88. The Morgan fingerprint density at radius 2 is 1.48 bits per heavy atom. The van der Waals surface area contributed by atoms with E-state index >= 15 is 0 Å². The lowest BCUT2D eigenvalue weighted by atomic mass is 9.98.